The predicted molar refractivity (Wildman–Crippen MR) is 52.0 cm³/mol. The number of hydrogen-bond donors (Lipinski definition) is 1. The highest BCUT2D eigenvalue weighted by molar-refractivity contribution is 5.81. The van der Waals surface area contributed by atoms with Crippen molar-refractivity contribution in [2.75, 3.05) is 0 Å². The topological polar surface area (TPSA) is 43.1 Å². The Bertz CT molecular complexity index is 128. The summed E-state index contributed by atoms with van der Waals surface area (Å²) >= 11 is 0. The van der Waals surface area contributed by atoms with Crippen molar-refractivity contribution >= 4 is 5.78 Å². The summed E-state index contributed by atoms with van der Waals surface area (Å²) in [5.74, 6) is 0.629. The summed E-state index contributed by atoms with van der Waals surface area (Å²) in [5, 5.41) is 0. The molecule has 0 saturated heterocycles. The number of Topliss-reactive ketones (excluding diaryl/α,β-unsaturated/α-hetero) is 1. The smallest absolute Gasteiger partial charge is 0.146 e. The number of carbonyl (C=O) groups excluding carboxylic acids is 1. The van der Waals surface area contributed by atoms with Gasteiger partial charge in [-0.3, -0.25) is 4.79 Å². The molecule has 1 atom stereocenters. The fraction of sp³-hybridized carbons (Fsp3) is 0.900. The number of carbonyl (C=O) groups is 1. The first kappa shape index (κ1) is 11.6. The van der Waals surface area contributed by atoms with Crippen LogP contribution in [0.5, 0.6) is 0 Å². The van der Waals surface area contributed by atoms with Crippen LogP contribution in [0.25, 0.3) is 0 Å². The van der Waals surface area contributed by atoms with E-state index in [2.05, 4.69) is 0 Å². The molecule has 2 N–H and O–H groups in total. The number of rotatable bonds is 2. The Hall–Kier alpha value is -0.370. The monoisotopic (exact) mass is 171 g/mol. The summed E-state index contributed by atoms with van der Waals surface area (Å²) in [6.45, 7) is 5.59. The van der Waals surface area contributed by atoms with E-state index in [9.17, 15) is 4.79 Å². The number of nitrogens with two attached hydrogens (primary N) is 1. The zero-order valence-electron chi connectivity index (χ0n) is 8.47. The van der Waals surface area contributed by atoms with Gasteiger partial charge in [-0.1, -0.05) is 26.7 Å². The van der Waals surface area contributed by atoms with Crippen LogP contribution in [0.2, 0.25) is 0 Å². The van der Waals surface area contributed by atoms with Crippen molar-refractivity contribution in [2.45, 2.75) is 52.5 Å². The van der Waals surface area contributed by atoms with Gasteiger partial charge in [0, 0.05) is 0 Å². The van der Waals surface area contributed by atoms with Crippen molar-refractivity contribution < 1.29 is 4.79 Å². The normalized spacial score (nSPS) is 19.7. The van der Waals surface area contributed by atoms with Crippen molar-refractivity contribution in [2.24, 2.45) is 11.7 Å². The average molecular weight is 171 g/mol. The molecule has 0 radical (unpaired) electrons. The molecule has 0 aromatic heterocycles. The molecule has 1 saturated carbocycles. The second-order valence-electron chi connectivity index (χ2n) is 3.18. The molecule has 0 aliphatic heterocycles. The van der Waals surface area contributed by atoms with Crippen LogP contribution < -0.4 is 5.73 Å². The highest BCUT2D eigenvalue weighted by Crippen LogP contribution is 2.26. The molecular weight excluding hydrogens is 150 g/mol. The molecular formula is C10H21NO. The van der Waals surface area contributed by atoms with E-state index < -0.39 is 0 Å². The zero-order chi connectivity index (χ0) is 9.56. The van der Waals surface area contributed by atoms with Crippen molar-refractivity contribution in [1.82, 2.24) is 0 Å². The second kappa shape index (κ2) is 6.18. The maximum absolute atomic E-state index is 10.8. The molecule has 0 spiro atoms. The molecule has 0 heterocycles. The highest BCUT2D eigenvalue weighted by atomic mass is 16.1. The lowest BCUT2D eigenvalue weighted by Crippen LogP contribution is -2.35. The van der Waals surface area contributed by atoms with Gasteiger partial charge in [0.25, 0.3) is 0 Å². The fourth-order valence-corrected chi connectivity index (χ4v) is 1.65. The highest BCUT2D eigenvalue weighted by Gasteiger charge is 2.24. The maximum Gasteiger partial charge on any atom is 0.146 e. The van der Waals surface area contributed by atoms with Crippen LogP contribution in [0, 0.1) is 5.92 Å². The molecule has 1 aliphatic rings. The molecule has 2 heteroatoms. The van der Waals surface area contributed by atoms with Crippen LogP contribution in [0.15, 0.2) is 0 Å². The molecule has 0 bridgehead atoms. The number of ketones is 1. The molecule has 1 unspecified atom stereocenters. The van der Waals surface area contributed by atoms with Crippen LogP contribution in [0.1, 0.15) is 46.5 Å². The lowest BCUT2D eigenvalue weighted by atomic mass is 9.96. The van der Waals surface area contributed by atoms with Crippen LogP contribution in [0.4, 0.5) is 0 Å². The summed E-state index contributed by atoms with van der Waals surface area (Å²) < 4.78 is 0. The van der Waals surface area contributed by atoms with Crippen molar-refractivity contribution in [3.8, 4) is 0 Å². The molecule has 72 valence electrons. The van der Waals surface area contributed by atoms with Gasteiger partial charge in [0.2, 0.25) is 0 Å². The first-order valence-corrected chi connectivity index (χ1v) is 4.98. The Morgan fingerprint density at radius 2 is 1.75 bits per heavy atom. The van der Waals surface area contributed by atoms with Gasteiger partial charge < -0.3 is 5.73 Å². The Morgan fingerprint density at radius 3 is 2.08 bits per heavy atom. The van der Waals surface area contributed by atoms with Gasteiger partial charge in [-0.05, 0) is 25.7 Å². The lowest BCUT2D eigenvalue weighted by molar-refractivity contribution is -0.119. The summed E-state index contributed by atoms with van der Waals surface area (Å²) in [6.07, 6.45) is 4.82. The van der Waals surface area contributed by atoms with Gasteiger partial charge in [-0.15, -0.1) is 0 Å². The van der Waals surface area contributed by atoms with Crippen molar-refractivity contribution in [3.63, 3.8) is 0 Å². The third-order valence-corrected chi connectivity index (χ3v) is 2.38. The van der Waals surface area contributed by atoms with Gasteiger partial charge >= 0.3 is 0 Å². The van der Waals surface area contributed by atoms with E-state index in [1.165, 1.54) is 12.8 Å². The molecule has 1 rings (SSSR count). The first-order chi connectivity index (χ1) is 5.72. The maximum atomic E-state index is 10.8. The first-order valence-electron chi connectivity index (χ1n) is 4.98. The standard InChI is InChI=1S/C8H15NO.C2H6/c1-6(10)8(9)7-4-2-3-5-7;1-2/h7-8H,2-5,9H2,1H3;1-2H3. The Labute approximate surface area is 75.5 Å². The summed E-state index contributed by atoms with van der Waals surface area (Å²) in [6, 6.07) is -0.178. The second-order valence-corrected chi connectivity index (χ2v) is 3.18. The van der Waals surface area contributed by atoms with Crippen molar-refractivity contribution in [3.05, 3.63) is 0 Å². The summed E-state index contributed by atoms with van der Waals surface area (Å²) in [4.78, 5) is 10.8. The van der Waals surface area contributed by atoms with Gasteiger partial charge in [0.1, 0.15) is 5.78 Å². The third-order valence-electron chi connectivity index (χ3n) is 2.38. The van der Waals surface area contributed by atoms with Gasteiger partial charge in [0.05, 0.1) is 6.04 Å². The zero-order valence-corrected chi connectivity index (χ0v) is 8.47. The largest absolute Gasteiger partial charge is 0.321 e. The van der Waals surface area contributed by atoms with E-state index in [4.69, 9.17) is 5.73 Å². The molecule has 1 fully saturated rings. The van der Waals surface area contributed by atoms with Gasteiger partial charge in [-0.25, -0.2) is 0 Å². The van der Waals surface area contributed by atoms with E-state index in [0.717, 1.165) is 12.8 Å². The lowest BCUT2D eigenvalue weighted by Gasteiger charge is -2.14. The van der Waals surface area contributed by atoms with E-state index in [1.807, 2.05) is 13.8 Å². The molecule has 12 heavy (non-hydrogen) atoms. The van der Waals surface area contributed by atoms with Gasteiger partial charge in [-0.2, -0.15) is 0 Å². The van der Waals surface area contributed by atoms with Crippen LogP contribution >= 0.6 is 0 Å². The molecule has 2 nitrogen and oxygen atoms in total. The van der Waals surface area contributed by atoms with Crippen LogP contribution in [0.3, 0.4) is 0 Å². The van der Waals surface area contributed by atoms with Crippen LogP contribution in [-0.2, 0) is 4.79 Å². The third kappa shape index (κ3) is 3.35. The molecule has 0 amide bonds. The minimum Gasteiger partial charge on any atom is -0.321 e. The molecule has 1 aliphatic carbocycles. The summed E-state index contributed by atoms with van der Waals surface area (Å²) in [7, 11) is 0. The van der Waals surface area contributed by atoms with E-state index >= 15 is 0 Å². The van der Waals surface area contributed by atoms with E-state index in [-0.39, 0.29) is 11.8 Å². The Kier molecular flexibility index (Phi) is 5.99. The minimum absolute atomic E-state index is 0.145. The SMILES string of the molecule is CC.CC(=O)C(N)C1CCCC1. The number of hydrogen-bond acceptors (Lipinski definition) is 2. The van der Waals surface area contributed by atoms with Crippen molar-refractivity contribution in [1.29, 1.82) is 0 Å². The van der Waals surface area contributed by atoms with Gasteiger partial charge in [0.15, 0.2) is 0 Å². The Balaban J connectivity index is 0.000000561. The average Bonchev–Trinajstić information content (AvgIpc) is 2.58. The van der Waals surface area contributed by atoms with E-state index in [1.54, 1.807) is 6.92 Å². The molecule has 0 aromatic rings. The predicted octanol–water partition coefficient (Wildman–Crippen LogP) is 2.12. The fourth-order valence-electron chi connectivity index (χ4n) is 1.65. The minimum atomic E-state index is -0.178. The Morgan fingerprint density at radius 1 is 1.33 bits per heavy atom. The quantitative estimate of drug-likeness (QED) is 0.691. The van der Waals surface area contributed by atoms with E-state index in [0.29, 0.717) is 5.92 Å². The summed E-state index contributed by atoms with van der Waals surface area (Å²) in [5.41, 5.74) is 5.67. The van der Waals surface area contributed by atoms with Crippen LogP contribution in [-0.4, -0.2) is 11.8 Å². The molecule has 0 aromatic carbocycles.